The molecule has 1 aliphatic heterocycles. The van der Waals surface area contributed by atoms with Gasteiger partial charge < -0.3 is 19.5 Å². The standard InChI is InChI=1S/C20H20N4O3/c1-25-14-6-4-13(5-7-14)17-11-18(24-20(23-17)21-12-22-24)16-9-8-15(26-2)10-19(16)27-3/h4-12,18H,1-3H3,(H,21,22,23). The molecule has 1 aromatic heterocycles. The fourth-order valence-electron chi connectivity index (χ4n) is 3.16. The van der Waals surface area contributed by atoms with Crippen LogP contribution in [0, 0.1) is 0 Å². The van der Waals surface area contributed by atoms with E-state index in [4.69, 9.17) is 14.2 Å². The van der Waals surface area contributed by atoms with E-state index in [-0.39, 0.29) is 6.04 Å². The minimum absolute atomic E-state index is 0.165. The van der Waals surface area contributed by atoms with Gasteiger partial charge in [0.15, 0.2) is 0 Å². The van der Waals surface area contributed by atoms with Crippen LogP contribution in [0.25, 0.3) is 5.70 Å². The number of nitrogens with one attached hydrogen (secondary N) is 1. The first-order valence-corrected chi connectivity index (χ1v) is 8.48. The molecule has 0 aliphatic carbocycles. The van der Waals surface area contributed by atoms with Gasteiger partial charge in [0.05, 0.1) is 21.3 Å². The molecule has 4 rings (SSSR count). The normalized spacial score (nSPS) is 15.4. The van der Waals surface area contributed by atoms with Crippen molar-refractivity contribution < 1.29 is 14.2 Å². The third kappa shape index (κ3) is 3.08. The van der Waals surface area contributed by atoms with E-state index in [1.165, 1.54) is 6.33 Å². The van der Waals surface area contributed by atoms with Crippen molar-refractivity contribution in [2.75, 3.05) is 26.6 Å². The Hall–Kier alpha value is -3.48. The van der Waals surface area contributed by atoms with E-state index in [0.717, 1.165) is 34.1 Å². The zero-order chi connectivity index (χ0) is 18.8. The molecule has 1 atom stereocenters. The average molecular weight is 364 g/mol. The Morgan fingerprint density at radius 3 is 2.37 bits per heavy atom. The Balaban J connectivity index is 1.80. The van der Waals surface area contributed by atoms with Crippen LogP contribution in [-0.2, 0) is 0 Å². The van der Waals surface area contributed by atoms with Crippen LogP contribution in [0.3, 0.4) is 0 Å². The SMILES string of the molecule is COc1ccc(C2=CC(c3ccc(OC)cc3OC)n3ncnc3N2)cc1. The largest absolute Gasteiger partial charge is 0.497 e. The van der Waals surface area contributed by atoms with Crippen molar-refractivity contribution in [1.82, 2.24) is 14.8 Å². The van der Waals surface area contributed by atoms with Crippen molar-refractivity contribution >= 4 is 11.6 Å². The highest BCUT2D eigenvalue weighted by Crippen LogP contribution is 2.37. The van der Waals surface area contributed by atoms with E-state index in [9.17, 15) is 0 Å². The predicted molar refractivity (Wildman–Crippen MR) is 102 cm³/mol. The second-order valence-corrected chi connectivity index (χ2v) is 6.01. The molecule has 1 unspecified atom stereocenters. The maximum atomic E-state index is 5.60. The van der Waals surface area contributed by atoms with Gasteiger partial charge in [-0.3, -0.25) is 0 Å². The topological polar surface area (TPSA) is 70.4 Å². The summed E-state index contributed by atoms with van der Waals surface area (Å²) in [4.78, 5) is 4.34. The Bertz CT molecular complexity index is 979. The van der Waals surface area contributed by atoms with Crippen LogP contribution < -0.4 is 19.5 Å². The van der Waals surface area contributed by atoms with Gasteiger partial charge in [-0.05, 0) is 48.0 Å². The number of hydrogen-bond acceptors (Lipinski definition) is 6. The highest BCUT2D eigenvalue weighted by molar-refractivity contribution is 5.77. The van der Waals surface area contributed by atoms with Crippen LogP contribution in [0.5, 0.6) is 17.2 Å². The Kier molecular flexibility index (Phi) is 4.42. The number of rotatable bonds is 5. The number of fused-ring (bicyclic) bond motifs is 1. The fourth-order valence-corrected chi connectivity index (χ4v) is 3.16. The Morgan fingerprint density at radius 2 is 1.67 bits per heavy atom. The van der Waals surface area contributed by atoms with Crippen LogP contribution in [0.2, 0.25) is 0 Å². The molecule has 0 spiro atoms. The zero-order valence-electron chi connectivity index (χ0n) is 15.3. The van der Waals surface area contributed by atoms with Crippen LogP contribution in [0.15, 0.2) is 54.9 Å². The maximum Gasteiger partial charge on any atom is 0.226 e. The first kappa shape index (κ1) is 17.0. The molecule has 0 amide bonds. The number of methoxy groups -OCH3 is 3. The average Bonchev–Trinajstić information content (AvgIpc) is 3.21. The third-order valence-corrected chi connectivity index (χ3v) is 4.57. The van der Waals surface area contributed by atoms with Gasteiger partial charge in [-0.1, -0.05) is 0 Å². The van der Waals surface area contributed by atoms with Crippen LogP contribution >= 0.6 is 0 Å². The predicted octanol–water partition coefficient (Wildman–Crippen LogP) is 3.36. The molecule has 1 N–H and O–H groups in total. The summed E-state index contributed by atoms with van der Waals surface area (Å²) in [5, 5.41) is 7.71. The maximum absolute atomic E-state index is 5.60. The first-order chi connectivity index (χ1) is 13.2. The molecule has 0 saturated carbocycles. The van der Waals surface area contributed by atoms with Crippen molar-refractivity contribution in [2.45, 2.75) is 6.04 Å². The molecule has 138 valence electrons. The molecular weight excluding hydrogens is 344 g/mol. The molecule has 3 aromatic rings. The number of anilines is 1. The summed E-state index contributed by atoms with van der Waals surface area (Å²) >= 11 is 0. The summed E-state index contributed by atoms with van der Waals surface area (Å²) in [6.45, 7) is 0. The minimum Gasteiger partial charge on any atom is -0.497 e. The smallest absolute Gasteiger partial charge is 0.226 e. The van der Waals surface area contributed by atoms with Gasteiger partial charge in [0.25, 0.3) is 0 Å². The summed E-state index contributed by atoms with van der Waals surface area (Å²) < 4.78 is 18.0. The number of benzene rings is 2. The summed E-state index contributed by atoms with van der Waals surface area (Å²) in [5.41, 5.74) is 2.95. The van der Waals surface area contributed by atoms with Crippen molar-refractivity contribution in [3.63, 3.8) is 0 Å². The van der Waals surface area contributed by atoms with Gasteiger partial charge in [0.2, 0.25) is 5.95 Å². The molecular formula is C20H20N4O3. The first-order valence-electron chi connectivity index (χ1n) is 8.48. The van der Waals surface area contributed by atoms with E-state index in [0.29, 0.717) is 5.95 Å². The van der Waals surface area contributed by atoms with Gasteiger partial charge in [-0.25, -0.2) is 4.68 Å². The molecule has 1 aliphatic rings. The lowest BCUT2D eigenvalue weighted by Gasteiger charge is -2.25. The summed E-state index contributed by atoms with van der Waals surface area (Å²) in [6, 6.07) is 13.5. The van der Waals surface area contributed by atoms with Crippen molar-refractivity contribution in [1.29, 1.82) is 0 Å². The molecule has 0 bridgehead atoms. The molecule has 2 aromatic carbocycles. The molecule has 7 heteroatoms. The van der Waals surface area contributed by atoms with Crippen molar-refractivity contribution in [3.8, 4) is 17.2 Å². The van der Waals surface area contributed by atoms with Crippen LogP contribution in [0.4, 0.5) is 5.95 Å². The lowest BCUT2D eigenvalue weighted by Crippen LogP contribution is -2.20. The van der Waals surface area contributed by atoms with Gasteiger partial charge in [-0.2, -0.15) is 10.1 Å². The lowest BCUT2D eigenvalue weighted by molar-refractivity contribution is 0.387. The third-order valence-electron chi connectivity index (χ3n) is 4.57. The van der Waals surface area contributed by atoms with E-state index in [1.807, 2.05) is 47.1 Å². The number of ether oxygens (including phenoxy) is 3. The molecule has 2 heterocycles. The highest BCUT2D eigenvalue weighted by atomic mass is 16.5. The summed E-state index contributed by atoms with van der Waals surface area (Å²) in [5.74, 6) is 2.95. The molecule has 0 saturated heterocycles. The number of aromatic nitrogens is 3. The lowest BCUT2D eigenvalue weighted by atomic mass is 10.0. The Morgan fingerprint density at radius 1 is 0.926 bits per heavy atom. The van der Waals surface area contributed by atoms with E-state index < -0.39 is 0 Å². The van der Waals surface area contributed by atoms with Crippen LogP contribution in [0.1, 0.15) is 17.2 Å². The molecule has 0 radical (unpaired) electrons. The molecule has 0 fully saturated rings. The summed E-state index contributed by atoms with van der Waals surface area (Å²) in [7, 11) is 4.94. The van der Waals surface area contributed by atoms with E-state index in [2.05, 4.69) is 21.5 Å². The van der Waals surface area contributed by atoms with E-state index >= 15 is 0 Å². The second kappa shape index (κ2) is 7.03. The Labute approximate surface area is 157 Å². The molecule has 27 heavy (non-hydrogen) atoms. The number of nitrogens with zero attached hydrogens (tertiary/aromatic N) is 3. The van der Waals surface area contributed by atoms with Gasteiger partial charge in [-0.15, -0.1) is 0 Å². The van der Waals surface area contributed by atoms with Gasteiger partial charge >= 0.3 is 0 Å². The van der Waals surface area contributed by atoms with Crippen LogP contribution in [-0.4, -0.2) is 36.1 Å². The number of allylic oxidation sites excluding steroid dienone is 1. The zero-order valence-corrected chi connectivity index (χ0v) is 15.3. The molecule has 7 nitrogen and oxygen atoms in total. The van der Waals surface area contributed by atoms with Crippen molar-refractivity contribution in [2.24, 2.45) is 0 Å². The fraction of sp³-hybridized carbons (Fsp3) is 0.200. The second-order valence-electron chi connectivity index (χ2n) is 6.01. The van der Waals surface area contributed by atoms with E-state index in [1.54, 1.807) is 21.3 Å². The van der Waals surface area contributed by atoms with Crippen molar-refractivity contribution in [3.05, 3.63) is 66.0 Å². The minimum atomic E-state index is -0.165. The summed E-state index contributed by atoms with van der Waals surface area (Å²) in [6.07, 6.45) is 3.64. The monoisotopic (exact) mass is 364 g/mol. The quantitative estimate of drug-likeness (QED) is 0.749. The van der Waals surface area contributed by atoms with Gasteiger partial charge in [0, 0.05) is 17.3 Å². The number of hydrogen-bond donors (Lipinski definition) is 1. The highest BCUT2D eigenvalue weighted by Gasteiger charge is 2.26. The van der Waals surface area contributed by atoms with Gasteiger partial charge in [0.1, 0.15) is 29.6 Å².